The van der Waals surface area contributed by atoms with E-state index < -0.39 is 0 Å². The van der Waals surface area contributed by atoms with Gasteiger partial charge in [-0.1, -0.05) is 40.2 Å². The maximum atomic E-state index is 12.1. The molecule has 1 amide bonds. The Kier molecular flexibility index (Phi) is 7.19. The zero-order valence-electron chi connectivity index (χ0n) is 16.1. The Morgan fingerprint density at radius 1 is 1.13 bits per heavy atom. The molecule has 150 valence electrons. The molecule has 0 aromatic heterocycles. The van der Waals surface area contributed by atoms with Crippen LogP contribution in [0.15, 0.2) is 76.3 Å². The molecule has 0 radical (unpaired) electrons. The lowest BCUT2D eigenvalue weighted by atomic mass is 10.1. The number of rotatable bonds is 7. The SMILES string of the molecule is COc1cc(/C=N\NC(=O)c2cccc(Br)c2)ccc1OCc1ccccc1C#N. The van der Waals surface area contributed by atoms with Gasteiger partial charge in [-0.05, 0) is 48.0 Å². The number of nitrogens with one attached hydrogen (secondary N) is 1. The number of halogens is 1. The first kappa shape index (κ1) is 21.1. The number of hydrogen-bond donors (Lipinski definition) is 1. The van der Waals surface area contributed by atoms with E-state index >= 15 is 0 Å². The molecule has 0 heterocycles. The molecule has 7 heteroatoms. The summed E-state index contributed by atoms with van der Waals surface area (Å²) in [6.07, 6.45) is 1.52. The first-order chi connectivity index (χ1) is 14.6. The van der Waals surface area contributed by atoms with Crippen LogP contribution in [0.4, 0.5) is 0 Å². The average molecular weight is 464 g/mol. The van der Waals surface area contributed by atoms with Gasteiger partial charge in [0.05, 0.1) is 25.0 Å². The highest BCUT2D eigenvalue weighted by atomic mass is 79.9. The Morgan fingerprint density at radius 2 is 1.97 bits per heavy atom. The number of ether oxygens (including phenoxy) is 2. The molecule has 0 bridgehead atoms. The smallest absolute Gasteiger partial charge is 0.271 e. The van der Waals surface area contributed by atoms with Gasteiger partial charge < -0.3 is 9.47 Å². The second kappa shape index (κ2) is 10.2. The monoisotopic (exact) mass is 463 g/mol. The molecule has 0 saturated heterocycles. The molecule has 0 atom stereocenters. The summed E-state index contributed by atoms with van der Waals surface area (Å²) in [5.74, 6) is 0.753. The molecular weight excluding hydrogens is 446 g/mol. The third kappa shape index (κ3) is 5.46. The van der Waals surface area contributed by atoms with E-state index in [0.717, 1.165) is 15.6 Å². The van der Waals surface area contributed by atoms with Crippen LogP contribution in [-0.4, -0.2) is 19.2 Å². The van der Waals surface area contributed by atoms with Crippen molar-refractivity contribution < 1.29 is 14.3 Å². The molecule has 0 spiro atoms. The molecule has 30 heavy (non-hydrogen) atoms. The third-order valence-electron chi connectivity index (χ3n) is 4.18. The van der Waals surface area contributed by atoms with Crippen LogP contribution in [0.1, 0.15) is 27.0 Å². The summed E-state index contributed by atoms with van der Waals surface area (Å²) in [6, 6.07) is 21.8. The van der Waals surface area contributed by atoms with Crippen molar-refractivity contribution >= 4 is 28.1 Å². The number of carbonyl (C=O) groups excluding carboxylic acids is 1. The number of hydrazone groups is 1. The zero-order valence-corrected chi connectivity index (χ0v) is 17.7. The minimum absolute atomic E-state index is 0.246. The van der Waals surface area contributed by atoms with E-state index in [1.807, 2.05) is 24.3 Å². The van der Waals surface area contributed by atoms with Crippen LogP contribution in [0, 0.1) is 11.3 Å². The van der Waals surface area contributed by atoms with Crippen molar-refractivity contribution in [1.82, 2.24) is 5.43 Å². The van der Waals surface area contributed by atoms with E-state index in [1.54, 1.807) is 49.6 Å². The van der Waals surface area contributed by atoms with E-state index in [9.17, 15) is 10.1 Å². The lowest BCUT2D eigenvalue weighted by Crippen LogP contribution is -2.17. The van der Waals surface area contributed by atoms with Crippen LogP contribution in [0.3, 0.4) is 0 Å². The molecule has 3 rings (SSSR count). The zero-order chi connectivity index (χ0) is 21.3. The lowest BCUT2D eigenvalue weighted by Gasteiger charge is -2.12. The van der Waals surface area contributed by atoms with Crippen molar-refractivity contribution in [1.29, 1.82) is 5.26 Å². The Hall–Kier alpha value is -3.63. The summed E-state index contributed by atoms with van der Waals surface area (Å²) < 4.78 is 12.0. The summed E-state index contributed by atoms with van der Waals surface area (Å²) >= 11 is 3.33. The number of amides is 1. The number of benzene rings is 3. The van der Waals surface area contributed by atoms with Crippen LogP contribution < -0.4 is 14.9 Å². The van der Waals surface area contributed by atoms with Gasteiger partial charge in [-0.3, -0.25) is 4.79 Å². The Bertz CT molecular complexity index is 1120. The topological polar surface area (TPSA) is 83.7 Å². The second-order valence-corrected chi connectivity index (χ2v) is 7.09. The highest BCUT2D eigenvalue weighted by Crippen LogP contribution is 2.28. The van der Waals surface area contributed by atoms with E-state index in [-0.39, 0.29) is 12.5 Å². The number of methoxy groups -OCH3 is 1. The molecule has 1 N–H and O–H groups in total. The van der Waals surface area contributed by atoms with Crippen molar-refractivity contribution in [3.63, 3.8) is 0 Å². The van der Waals surface area contributed by atoms with Crippen molar-refractivity contribution in [2.45, 2.75) is 6.61 Å². The molecule has 0 aliphatic carbocycles. The van der Waals surface area contributed by atoms with E-state index in [2.05, 4.69) is 32.5 Å². The van der Waals surface area contributed by atoms with Crippen molar-refractivity contribution in [2.24, 2.45) is 5.10 Å². The first-order valence-corrected chi connectivity index (χ1v) is 9.78. The van der Waals surface area contributed by atoms with Crippen molar-refractivity contribution in [2.75, 3.05) is 7.11 Å². The molecule has 0 aliphatic rings. The van der Waals surface area contributed by atoms with Gasteiger partial charge in [-0.15, -0.1) is 0 Å². The van der Waals surface area contributed by atoms with E-state index in [1.165, 1.54) is 6.21 Å². The molecule has 0 saturated carbocycles. The fraction of sp³-hybridized carbons (Fsp3) is 0.0870. The summed E-state index contributed by atoms with van der Waals surface area (Å²) in [7, 11) is 1.54. The Morgan fingerprint density at radius 3 is 2.73 bits per heavy atom. The average Bonchev–Trinajstić information content (AvgIpc) is 2.78. The van der Waals surface area contributed by atoms with Gasteiger partial charge >= 0.3 is 0 Å². The van der Waals surface area contributed by atoms with Crippen LogP contribution in [0.5, 0.6) is 11.5 Å². The molecule has 3 aromatic carbocycles. The Balaban J connectivity index is 1.65. The molecular formula is C23H18BrN3O3. The fourth-order valence-electron chi connectivity index (χ4n) is 2.65. The molecule has 3 aromatic rings. The predicted octanol–water partition coefficient (Wildman–Crippen LogP) is 4.67. The summed E-state index contributed by atoms with van der Waals surface area (Å²) in [5.41, 5.74) is 5.09. The van der Waals surface area contributed by atoms with Gasteiger partial charge in [0.25, 0.3) is 5.91 Å². The van der Waals surface area contributed by atoms with Gasteiger partial charge in [-0.25, -0.2) is 5.43 Å². The Labute approximate surface area is 182 Å². The first-order valence-electron chi connectivity index (χ1n) is 8.98. The molecule has 6 nitrogen and oxygen atoms in total. The minimum Gasteiger partial charge on any atom is -0.493 e. The van der Waals surface area contributed by atoms with E-state index in [4.69, 9.17) is 9.47 Å². The number of nitrogens with zero attached hydrogens (tertiary/aromatic N) is 2. The maximum Gasteiger partial charge on any atom is 0.271 e. The van der Waals surface area contributed by atoms with Gasteiger partial charge in [0, 0.05) is 15.6 Å². The third-order valence-corrected chi connectivity index (χ3v) is 4.67. The highest BCUT2D eigenvalue weighted by Gasteiger charge is 2.08. The maximum absolute atomic E-state index is 12.1. The minimum atomic E-state index is -0.310. The molecule has 0 fully saturated rings. The van der Waals surface area contributed by atoms with Crippen LogP contribution in [-0.2, 0) is 6.61 Å². The number of nitriles is 1. The van der Waals surface area contributed by atoms with Gasteiger partial charge in [0.15, 0.2) is 11.5 Å². The largest absolute Gasteiger partial charge is 0.493 e. The molecule has 0 aliphatic heterocycles. The summed E-state index contributed by atoms with van der Waals surface area (Å²) in [4.78, 5) is 12.1. The lowest BCUT2D eigenvalue weighted by molar-refractivity contribution is 0.0955. The van der Waals surface area contributed by atoms with E-state index in [0.29, 0.717) is 22.6 Å². The second-order valence-electron chi connectivity index (χ2n) is 6.18. The van der Waals surface area contributed by atoms with Crippen molar-refractivity contribution in [3.05, 3.63) is 93.5 Å². The standard InChI is InChI=1S/C23H18BrN3O3/c1-29-22-11-16(14-26-27-23(28)17-7-4-8-20(24)12-17)9-10-21(22)30-15-19-6-3-2-5-18(19)13-25/h2-12,14H,15H2,1H3,(H,27,28)/b26-14-. The molecule has 0 unspecified atom stereocenters. The normalized spacial score (nSPS) is 10.4. The highest BCUT2D eigenvalue weighted by molar-refractivity contribution is 9.10. The number of hydrogen-bond acceptors (Lipinski definition) is 5. The van der Waals surface area contributed by atoms with Gasteiger partial charge in [0.1, 0.15) is 6.61 Å². The van der Waals surface area contributed by atoms with Crippen LogP contribution in [0.25, 0.3) is 0 Å². The quantitative estimate of drug-likeness (QED) is 0.407. The van der Waals surface area contributed by atoms with Gasteiger partial charge in [-0.2, -0.15) is 10.4 Å². The van der Waals surface area contributed by atoms with Gasteiger partial charge in [0.2, 0.25) is 0 Å². The number of carbonyl (C=O) groups is 1. The van der Waals surface area contributed by atoms with Crippen LogP contribution in [0.2, 0.25) is 0 Å². The van der Waals surface area contributed by atoms with Crippen molar-refractivity contribution in [3.8, 4) is 17.6 Å². The summed E-state index contributed by atoms with van der Waals surface area (Å²) in [6.45, 7) is 0.246. The predicted molar refractivity (Wildman–Crippen MR) is 118 cm³/mol. The van der Waals surface area contributed by atoms with Crippen LogP contribution >= 0.6 is 15.9 Å². The fourth-order valence-corrected chi connectivity index (χ4v) is 3.05. The summed E-state index contributed by atoms with van der Waals surface area (Å²) in [5, 5.41) is 13.2.